The fourth-order valence-electron chi connectivity index (χ4n) is 8.83. The second-order valence-electron chi connectivity index (χ2n) is 13.5. The largest absolute Gasteiger partial charge is 0.461 e. The van der Waals surface area contributed by atoms with Gasteiger partial charge in [-0.2, -0.15) is 23.2 Å². The number of dihydropyridines is 1. The third-order valence-electron chi connectivity index (χ3n) is 10.9. The van der Waals surface area contributed by atoms with Crippen LogP contribution in [-0.4, -0.2) is 83.2 Å². The second kappa shape index (κ2) is 10.4. The summed E-state index contributed by atoms with van der Waals surface area (Å²) in [4.78, 5) is 18.3. The molecule has 14 heteroatoms. The Hall–Kier alpha value is -2.77. The van der Waals surface area contributed by atoms with E-state index in [1.54, 1.807) is 0 Å². The van der Waals surface area contributed by atoms with Crippen LogP contribution >= 0.6 is 11.6 Å². The van der Waals surface area contributed by atoms with Gasteiger partial charge < -0.3 is 20.1 Å². The third-order valence-corrected chi connectivity index (χ3v) is 11.2. The Kier molecular flexibility index (Phi) is 6.82. The summed E-state index contributed by atoms with van der Waals surface area (Å²) in [7, 11) is 0. The molecule has 1 aromatic carbocycles. The molecule has 0 radical (unpaired) electrons. The highest BCUT2D eigenvalue weighted by Gasteiger charge is 2.57. The number of halogens is 6. The van der Waals surface area contributed by atoms with Crippen molar-refractivity contribution in [2.45, 2.75) is 93.5 Å². The van der Waals surface area contributed by atoms with Crippen molar-refractivity contribution in [3.63, 3.8) is 0 Å². The molecule has 45 heavy (non-hydrogen) atoms. The summed E-state index contributed by atoms with van der Waals surface area (Å²) >= 11 is 6.04. The molecular formula is C31H34ClF5N6O2. The lowest BCUT2D eigenvalue weighted by molar-refractivity contribution is -0.137. The quantitative estimate of drug-likeness (QED) is 0.318. The van der Waals surface area contributed by atoms with E-state index in [0.29, 0.717) is 25.2 Å². The number of ether oxygens (including phenoxy) is 2. The van der Waals surface area contributed by atoms with Crippen LogP contribution in [-0.2, 0) is 15.7 Å². The number of hydrogen-bond acceptors (Lipinski definition) is 8. The van der Waals surface area contributed by atoms with Gasteiger partial charge in [-0.25, -0.2) is 13.8 Å². The average molecular weight is 653 g/mol. The zero-order valence-corrected chi connectivity index (χ0v) is 25.3. The van der Waals surface area contributed by atoms with Crippen LogP contribution in [0.4, 0.5) is 27.6 Å². The van der Waals surface area contributed by atoms with Crippen molar-refractivity contribution in [2.75, 3.05) is 32.0 Å². The molecule has 8 nitrogen and oxygen atoms in total. The molecule has 5 atom stereocenters. The number of hydrogen-bond donors (Lipinski definition) is 1. The van der Waals surface area contributed by atoms with Gasteiger partial charge in [0.15, 0.2) is 12.1 Å². The Labute approximate surface area is 262 Å². The number of nitrogens with zero attached hydrogens (tertiary/aromatic N) is 5. The maximum atomic E-state index is 16.8. The predicted octanol–water partition coefficient (Wildman–Crippen LogP) is 6.04. The van der Waals surface area contributed by atoms with Crippen LogP contribution in [0.1, 0.15) is 68.9 Å². The number of allylic oxidation sites excluding steroid dienone is 1. The molecule has 1 aromatic rings. The highest BCUT2D eigenvalue weighted by molar-refractivity contribution is 6.32. The zero-order valence-electron chi connectivity index (χ0n) is 24.6. The molecule has 4 saturated heterocycles. The lowest BCUT2D eigenvalue weighted by Crippen LogP contribution is -2.60. The molecular weight excluding hydrogens is 619 g/mol. The van der Waals surface area contributed by atoms with Crippen molar-refractivity contribution in [1.29, 1.82) is 0 Å². The summed E-state index contributed by atoms with van der Waals surface area (Å²) in [5.41, 5.74) is 2.66. The highest BCUT2D eigenvalue weighted by atomic mass is 35.5. The van der Waals surface area contributed by atoms with Gasteiger partial charge in [0.1, 0.15) is 30.2 Å². The summed E-state index contributed by atoms with van der Waals surface area (Å²) in [5, 5.41) is -0.660. The van der Waals surface area contributed by atoms with E-state index in [2.05, 4.69) is 19.8 Å². The number of anilines is 1. The number of alkyl halides is 4. The topological polar surface area (TPSA) is 88.0 Å². The lowest BCUT2D eigenvalue weighted by Gasteiger charge is -2.52. The summed E-state index contributed by atoms with van der Waals surface area (Å²) < 4.78 is 86.6. The summed E-state index contributed by atoms with van der Waals surface area (Å²) in [5.74, 6) is -1.39. The molecule has 7 aliphatic rings. The molecule has 0 bridgehead atoms. The minimum absolute atomic E-state index is 0.0717. The standard InChI is InChI=1S/C31H34ClF5N6O2/c32-20-12-17(38)11-19(22(20)31(35,36)37)24-23(34)25-21-26(41-28(40-25)45-15-30-7-2-9-42(30)14-16(33)13-30)43-18(4-10-44-27(21)39-24)3-8-29(43)5-1-6-29/h11-12,16,18,21,27H,1-10,13-15,38H2/t16-,18-,21?,27?,30+/m1/s1. The van der Waals surface area contributed by atoms with E-state index in [9.17, 15) is 17.6 Å². The molecule has 2 N–H and O–H groups in total. The van der Waals surface area contributed by atoms with E-state index in [1.165, 1.54) is 0 Å². The Morgan fingerprint density at radius 2 is 1.93 bits per heavy atom. The normalized spacial score (nSPS) is 33.9. The minimum atomic E-state index is -4.91. The fraction of sp³-hybridized carbons (Fsp3) is 0.645. The van der Waals surface area contributed by atoms with Crippen LogP contribution in [0.2, 0.25) is 5.02 Å². The van der Waals surface area contributed by atoms with Gasteiger partial charge in [0.05, 0.1) is 28.4 Å². The third kappa shape index (κ3) is 4.62. The van der Waals surface area contributed by atoms with Crippen molar-refractivity contribution in [1.82, 2.24) is 9.80 Å². The Bertz CT molecular complexity index is 1560. The van der Waals surface area contributed by atoms with Gasteiger partial charge in [-0.15, -0.1) is 0 Å². The van der Waals surface area contributed by atoms with Gasteiger partial charge in [-0.3, -0.25) is 4.90 Å². The first-order chi connectivity index (χ1) is 21.5. The average Bonchev–Trinajstić information content (AvgIpc) is 3.60. The Morgan fingerprint density at radius 3 is 2.69 bits per heavy atom. The summed E-state index contributed by atoms with van der Waals surface area (Å²) in [6, 6.07) is 2.03. The molecule has 1 saturated carbocycles. The first-order valence-corrected chi connectivity index (χ1v) is 16.1. The first kappa shape index (κ1) is 29.6. The molecule has 2 unspecified atom stereocenters. The predicted molar refractivity (Wildman–Crippen MR) is 159 cm³/mol. The number of nitrogen functional groups attached to an aromatic ring is 1. The van der Waals surface area contributed by atoms with Crippen LogP contribution in [0.3, 0.4) is 0 Å². The molecule has 6 heterocycles. The van der Waals surface area contributed by atoms with Crippen LogP contribution in [0.25, 0.3) is 0 Å². The van der Waals surface area contributed by atoms with E-state index < -0.39 is 57.7 Å². The monoisotopic (exact) mass is 652 g/mol. The molecule has 5 fully saturated rings. The highest BCUT2D eigenvalue weighted by Crippen LogP contribution is 2.52. The molecule has 1 spiro atoms. The summed E-state index contributed by atoms with van der Waals surface area (Å²) in [6.07, 6.45) is 0.612. The van der Waals surface area contributed by atoms with Gasteiger partial charge in [0.25, 0.3) is 0 Å². The van der Waals surface area contributed by atoms with Gasteiger partial charge in [-0.1, -0.05) is 11.6 Å². The molecule has 0 amide bonds. The maximum absolute atomic E-state index is 16.8. The smallest absolute Gasteiger partial charge is 0.418 e. The number of amidine groups is 2. The minimum Gasteiger partial charge on any atom is -0.461 e. The molecule has 6 aliphatic heterocycles. The summed E-state index contributed by atoms with van der Waals surface area (Å²) in [6.45, 7) is 1.53. The van der Waals surface area contributed by atoms with Crippen molar-refractivity contribution >= 4 is 34.9 Å². The molecule has 8 rings (SSSR count). The lowest BCUT2D eigenvalue weighted by atomic mass is 9.74. The van der Waals surface area contributed by atoms with E-state index in [1.807, 2.05) is 0 Å². The van der Waals surface area contributed by atoms with E-state index >= 15 is 4.39 Å². The fourth-order valence-corrected chi connectivity index (χ4v) is 9.17. The zero-order chi connectivity index (χ0) is 31.3. The van der Waals surface area contributed by atoms with Gasteiger partial charge in [0, 0.05) is 35.8 Å². The van der Waals surface area contributed by atoms with Crippen LogP contribution < -0.4 is 5.73 Å². The number of aliphatic imine (C=N–C) groups is 3. The van der Waals surface area contributed by atoms with Gasteiger partial charge in [-0.05, 0) is 70.0 Å². The number of nitrogens with two attached hydrogens (primary N) is 1. The van der Waals surface area contributed by atoms with Gasteiger partial charge >= 0.3 is 12.2 Å². The first-order valence-electron chi connectivity index (χ1n) is 15.7. The van der Waals surface area contributed by atoms with E-state index in [4.69, 9.17) is 31.8 Å². The maximum Gasteiger partial charge on any atom is 0.418 e. The SMILES string of the molecule is Nc1cc(Cl)c(C(F)(F)F)c(C2=NC3OCC[C@H]4CCC5(CCC5)N4C4=NC(OC[C@@]56CCCN5C[C@H](F)C6)=NC(=C2F)C43)c1. The van der Waals surface area contributed by atoms with Gasteiger partial charge in [0.2, 0.25) is 0 Å². The Balaban J connectivity index is 1.25. The number of fused-ring (bicyclic) bond motifs is 4. The van der Waals surface area contributed by atoms with Crippen LogP contribution in [0.15, 0.2) is 38.6 Å². The van der Waals surface area contributed by atoms with Crippen LogP contribution in [0.5, 0.6) is 0 Å². The number of benzene rings is 1. The van der Waals surface area contributed by atoms with E-state index in [0.717, 1.165) is 63.6 Å². The van der Waals surface area contributed by atoms with Crippen molar-refractivity contribution in [3.05, 3.63) is 39.8 Å². The molecule has 1 aliphatic carbocycles. The second-order valence-corrected chi connectivity index (χ2v) is 13.9. The molecule has 0 aromatic heterocycles. The van der Waals surface area contributed by atoms with Crippen molar-refractivity contribution in [2.24, 2.45) is 20.9 Å². The van der Waals surface area contributed by atoms with Crippen molar-refractivity contribution < 1.29 is 31.4 Å². The van der Waals surface area contributed by atoms with Crippen LogP contribution in [0, 0.1) is 5.92 Å². The van der Waals surface area contributed by atoms with E-state index in [-0.39, 0.29) is 42.2 Å². The number of rotatable bonds is 3. The van der Waals surface area contributed by atoms with Crippen molar-refractivity contribution in [3.8, 4) is 0 Å². The molecule has 242 valence electrons. The Morgan fingerprint density at radius 1 is 1.11 bits per heavy atom.